The Kier molecular flexibility index (Phi) is 3.08. The number of hydrogen-bond acceptors (Lipinski definition) is 2. The van der Waals surface area contributed by atoms with Crippen LogP contribution in [0.4, 0.5) is 0 Å². The summed E-state index contributed by atoms with van der Waals surface area (Å²) in [6.07, 6.45) is 3.28. The van der Waals surface area contributed by atoms with Crippen molar-refractivity contribution in [2.45, 2.75) is 0 Å². The molecule has 0 heterocycles. The van der Waals surface area contributed by atoms with Gasteiger partial charge < -0.3 is 5.73 Å². The molecule has 1 aromatic rings. The van der Waals surface area contributed by atoms with Crippen molar-refractivity contribution in [3.8, 4) is 0 Å². The summed E-state index contributed by atoms with van der Waals surface area (Å²) in [7, 11) is 1.75. The maximum Gasteiger partial charge on any atom is 0.0657 e. The fraction of sp³-hybridized carbons (Fsp3) is 0.100. The van der Waals surface area contributed by atoms with Crippen molar-refractivity contribution in [3.05, 3.63) is 48.2 Å². The second-order valence-corrected chi connectivity index (χ2v) is 2.33. The Bertz CT molecular complexity index is 286. The predicted molar refractivity (Wildman–Crippen MR) is 52.2 cm³/mol. The summed E-state index contributed by atoms with van der Waals surface area (Å²) in [6.45, 7) is 0. The fourth-order valence-corrected chi connectivity index (χ4v) is 1.000. The first-order valence-corrected chi connectivity index (χ1v) is 3.79. The van der Waals surface area contributed by atoms with Crippen molar-refractivity contribution in [1.82, 2.24) is 0 Å². The first kappa shape index (κ1) is 8.53. The number of rotatable bonds is 2. The van der Waals surface area contributed by atoms with Gasteiger partial charge in [0, 0.05) is 7.05 Å². The minimum atomic E-state index is 0.901. The van der Waals surface area contributed by atoms with Crippen LogP contribution in [-0.4, -0.2) is 12.8 Å². The van der Waals surface area contributed by atoms with E-state index in [0.717, 1.165) is 11.3 Å². The van der Waals surface area contributed by atoms with Gasteiger partial charge in [0.05, 0.1) is 5.71 Å². The smallest absolute Gasteiger partial charge is 0.0657 e. The lowest BCUT2D eigenvalue weighted by molar-refractivity contribution is 1.43. The van der Waals surface area contributed by atoms with E-state index in [1.807, 2.05) is 30.3 Å². The van der Waals surface area contributed by atoms with Crippen molar-refractivity contribution < 1.29 is 0 Å². The van der Waals surface area contributed by atoms with Crippen LogP contribution in [0.25, 0.3) is 0 Å². The van der Waals surface area contributed by atoms with Crippen LogP contribution in [-0.2, 0) is 0 Å². The zero-order valence-corrected chi connectivity index (χ0v) is 7.07. The molecule has 0 radical (unpaired) electrons. The monoisotopic (exact) mass is 160 g/mol. The molecule has 1 rings (SSSR count). The summed E-state index contributed by atoms with van der Waals surface area (Å²) in [5.41, 5.74) is 7.27. The number of nitrogens with zero attached hydrogens (tertiary/aromatic N) is 1. The lowest BCUT2D eigenvalue weighted by Crippen LogP contribution is -1.96. The maximum atomic E-state index is 5.28. The van der Waals surface area contributed by atoms with Gasteiger partial charge in [-0.05, 0) is 17.8 Å². The third kappa shape index (κ3) is 1.95. The van der Waals surface area contributed by atoms with Crippen molar-refractivity contribution in [1.29, 1.82) is 0 Å². The maximum absolute atomic E-state index is 5.28. The molecule has 0 spiro atoms. The quantitative estimate of drug-likeness (QED) is 0.655. The van der Waals surface area contributed by atoms with Crippen molar-refractivity contribution in [3.63, 3.8) is 0 Å². The highest BCUT2D eigenvalue weighted by molar-refractivity contribution is 6.08. The van der Waals surface area contributed by atoms with Crippen LogP contribution in [0.2, 0.25) is 0 Å². The van der Waals surface area contributed by atoms with E-state index >= 15 is 0 Å². The molecule has 0 aliphatic carbocycles. The third-order valence-corrected chi connectivity index (χ3v) is 1.56. The molecular formula is C10H12N2. The molecule has 0 bridgehead atoms. The van der Waals surface area contributed by atoms with Gasteiger partial charge in [0.25, 0.3) is 0 Å². The Balaban J connectivity index is 2.97. The lowest BCUT2D eigenvalue weighted by atomic mass is 10.1. The summed E-state index contributed by atoms with van der Waals surface area (Å²) in [5, 5.41) is 0. The average molecular weight is 160 g/mol. The highest BCUT2D eigenvalue weighted by Gasteiger charge is 1.94. The normalized spacial score (nSPS) is 12.2. The fourth-order valence-electron chi connectivity index (χ4n) is 1.000. The molecule has 0 saturated carbocycles. The lowest BCUT2D eigenvalue weighted by Gasteiger charge is -1.98. The highest BCUT2D eigenvalue weighted by Crippen LogP contribution is 2.01. The molecular weight excluding hydrogens is 148 g/mol. The molecule has 0 fully saturated rings. The summed E-state index contributed by atoms with van der Waals surface area (Å²) in [6, 6.07) is 9.93. The Morgan fingerprint density at radius 2 is 2.00 bits per heavy atom. The second kappa shape index (κ2) is 4.34. The van der Waals surface area contributed by atoms with Gasteiger partial charge in [-0.2, -0.15) is 0 Å². The van der Waals surface area contributed by atoms with Gasteiger partial charge in [-0.3, -0.25) is 4.99 Å². The predicted octanol–water partition coefficient (Wildman–Crippen LogP) is 1.58. The van der Waals surface area contributed by atoms with E-state index in [1.165, 1.54) is 6.20 Å². The van der Waals surface area contributed by atoms with E-state index in [4.69, 9.17) is 5.73 Å². The second-order valence-electron chi connectivity index (χ2n) is 2.33. The number of aliphatic imine (C=N–C) groups is 1. The molecule has 0 unspecified atom stereocenters. The first-order chi connectivity index (χ1) is 5.88. The Labute approximate surface area is 72.4 Å². The van der Waals surface area contributed by atoms with Crippen LogP contribution in [0, 0.1) is 0 Å². The van der Waals surface area contributed by atoms with Gasteiger partial charge >= 0.3 is 0 Å². The van der Waals surface area contributed by atoms with Crippen LogP contribution < -0.4 is 5.73 Å². The van der Waals surface area contributed by atoms with Gasteiger partial charge in [0.2, 0.25) is 0 Å². The molecule has 0 amide bonds. The van der Waals surface area contributed by atoms with E-state index in [2.05, 4.69) is 4.99 Å². The minimum Gasteiger partial charge on any atom is -0.405 e. The summed E-state index contributed by atoms with van der Waals surface area (Å²) < 4.78 is 0. The topological polar surface area (TPSA) is 38.4 Å². The molecule has 62 valence electrons. The Hall–Kier alpha value is -1.57. The van der Waals surface area contributed by atoms with E-state index in [9.17, 15) is 0 Å². The van der Waals surface area contributed by atoms with Crippen LogP contribution >= 0.6 is 0 Å². The molecule has 0 atom stereocenters. The van der Waals surface area contributed by atoms with Gasteiger partial charge in [0.15, 0.2) is 0 Å². The Morgan fingerprint density at radius 1 is 1.33 bits per heavy atom. The van der Waals surface area contributed by atoms with Gasteiger partial charge in [-0.15, -0.1) is 0 Å². The zero-order valence-electron chi connectivity index (χ0n) is 7.07. The number of benzene rings is 1. The van der Waals surface area contributed by atoms with Crippen molar-refractivity contribution in [2.75, 3.05) is 7.05 Å². The van der Waals surface area contributed by atoms with Gasteiger partial charge in [-0.1, -0.05) is 30.3 Å². The van der Waals surface area contributed by atoms with Crippen LogP contribution in [0.1, 0.15) is 5.56 Å². The molecule has 2 N–H and O–H groups in total. The van der Waals surface area contributed by atoms with E-state index in [-0.39, 0.29) is 0 Å². The standard InChI is InChI=1S/C10H12N2/c1-12-10(7-8-11)9-5-3-2-4-6-9/h2-8H,11H2,1H3/b8-7-,12-10?. The van der Waals surface area contributed by atoms with E-state index in [1.54, 1.807) is 13.1 Å². The van der Waals surface area contributed by atoms with Crippen LogP contribution in [0.3, 0.4) is 0 Å². The van der Waals surface area contributed by atoms with Gasteiger partial charge in [0.1, 0.15) is 0 Å². The number of nitrogens with two attached hydrogens (primary N) is 1. The van der Waals surface area contributed by atoms with Crippen molar-refractivity contribution in [2.24, 2.45) is 10.7 Å². The molecule has 0 aliphatic heterocycles. The van der Waals surface area contributed by atoms with E-state index in [0.29, 0.717) is 0 Å². The summed E-state index contributed by atoms with van der Waals surface area (Å²) in [4.78, 5) is 4.10. The van der Waals surface area contributed by atoms with Crippen LogP contribution in [0.5, 0.6) is 0 Å². The molecule has 1 aromatic carbocycles. The molecule has 2 heteroatoms. The van der Waals surface area contributed by atoms with Crippen LogP contribution in [0.15, 0.2) is 47.6 Å². The number of allylic oxidation sites excluding steroid dienone is 1. The first-order valence-electron chi connectivity index (χ1n) is 3.79. The molecule has 12 heavy (non-hydrogen) atoms. The Morgan fingerprint density at radius 3 is 2.50 bits per heavy atom. The van der Waals surface area contributed by atoms with E-state index < -0.39 is 0 Å². The summed E-state index contributed by atoms with van der Waals surface area (Å²) >= 11 is 0. The SMILES string of the molecule is CN=C(/C=C\N)c1ccccc1. The highest BCUT2D eigenvalue weighted by atomic mass is 14.7. The average Bonchev–Trinajstić information content (AvgIpc) is 2.15. The molecule has 0 saturated heterocycles. The molecule has 0 aliphatic rings. The minimum absolute atomic E-state index is 0.901. The van der Waals surface area contributed by atoms with Crippen molar-refractivity contribution >= 4 is 5.71 Å². The molecule has 2 nitrogen and oxygen atoms in total. The third-order valence-electron chi connectivity index (χ3n) is 1.56. The number of hydrogen-bond donors (Lipinski definition) is 1. The van der Waals surface area contributed by atoms with Gasteiger partial charge in [-0.25, -0.2) is 0 Å². The molecule has 0 aromatic heterocycles. The largest absolute Gasteiger partial charge is 0.405 e. The summed E-state index contributed by atoms with van der Waals surface area (Å²) in [5.74, 6) is 0. The zero-order chi connectivity index (χ0) is 8.81.